The van der Waals surface area contributed by atoms with E-state index in [1.807, 2.05) is 0 Å². The zero-order valence-corrected chi connectivity index (χ0v) is 10.6. The fourth-order valence-electron chi connectivity index (χ4n) is 1.26. The largest absolute Gasteiger partial charge is 0.573 e. The number of carbonyl (C=O) groups excluding carboxylic acids is 1. The first-order valence-electron chi connectivity index (χ1n) is 4.58. The van der Waals surface area contributed by atoms with Gasteiger partial charge in [0.05, 0.1) is 11.6 Å². The summed E-state index contributed by atoms with van der Waals surface area (Å²) in [6, 6.07) is 0.340. The van der Waals surface area contributed by atoms with Gasteiger partial charge in [-0.2, -0.15) is 13.2 Å². The summed E-state index contributed by atoms with van der Waals surface area (Å²) in [5, 5.41) is -1.68. The molecule has 1 aromatic heterocycles. The van der Waals surface area contributed by atoms with Gasteiger partial charge in [-0.15, -0.1) is 24.8 Å². The zero-order valence-electron chi connectivity index (χ0n) is 9.07. The summed E-state index contributed by atoms with van der Waals surface area (Å²) in [5.74, 6) is -2.18. The van der Waals surface area contributed by atoms with Crippen molar-refractivity contribution in [1.29, 1.82) is 0 Å². The summed E-state index contributed by atoms with van der Waals surface area (Å²) >= 11 is 10.2. The second-order valence-corrected chi connectivity index (χ2v) is 3.90. The Morgan fingerprint density at radius 2 is 1.80 bits per heavy atom. The van der Waals surface area contributed by atoms with E-state index in [1.165, 1.54) is 0 Å². The molecule has 0 fully saturated rings. The minimum atomic E-state index is -5.39. The van der Waals surface area contributed by atoms with Crippen LogP contribution in [0.4, 0.5) is 26.3 Å². The molecule has 0 N–H and O–H groups in total. The highest BCUT2D eigenvalue weighted by Gasteiger charge is 2.43. The molecule has 1 aromatic rings. The highest BCUT2D eigenvalue weighted by molar-refractivity contribution is 6.67. The van der Waals surface area contributed by atoms with Gasteiger partial charge in [-0.3, -0.25) is 4.79 Å². The van der Waals surface area contributed by atoms with Crippen molar-refractivity contribution in [3.63, 3.8) is 0 Å². The van der Waals surface area contributed by atoms with Gasteiger partial charge in [0.15, 0.2) is 0 Å². The lowest BCUT2D eigenvalue weighted by atomic mass is 10.1. The van der Waals surface area contributed by atoms with Crippen molar-refractivity contribution in [3.8, 4) is 5.75 Å². The maximum absolute atomic E-state index is 12.7. The molecule has 0 aromatic carbocycles. The van der Waals surface area contributed by atoms with Crippen molar-refractivity contribution in [2.45, 2.75) is 18.4 Å². The van der Waals surface area contributed by atoms with Gasteiger partial charge in [0.1, 0.15) is 17.0 Å². The third-order valence-electron chi connectivity index (χ3n) is 1.87. The van der Waals surface area contributed by atoms with Crippen LogP contribution in [-0.4, -0.2) is 16.6 Å². The minimum Gasteiger partial charge on any atom is -0.405 e. The molecule has 20 heavy (non-hydrogen) atoms. The maximum atomic E-state index is 12.7. The fourth-order valence-corrected chi connectivity index (χ4v) is 1.54. The Labute approximate surface area is 117 Å². The molecule has 0 bridgehead atoms. The third kappa shape index (κ3) is 4.14. The first-order valence-corrected chi connectivity index (χ1v) is 5.49. The van der Waals surface area contributed by atoms with E-state index in [2.05, 4.69) is 9.72 Å². The second kappa shape index (κ2) is 5.65. The molecule has 0 aliphatic rings. The Morgan fingerprint density at radius 1 is 1.25 bits per heavy atom. The van der Waals surface area contributed by atoms with Crippen LogP contribution in [0, 0.1) is 0 Å². The number of hydrogen-bond donors (Lipinski definition) is 0. The van der Waals surface area contributed by atoms with Crippen LogP contribution in [0.3, 0.4) is 0 Å². The van der Waals surface area contributed by atoms with Gasteiger partial charge in [-0.1, -0.05) is 0 Å². The highest BCUT2D eigenvalue weighted by atomic mass is 35.5. The van der Waals surface area contributed by atoms with Crippen LogP contribution in [0.15, 0.2) is 6.07 Å². The molecular formula is C9H3Cl2F6NO2. The number of halogens is 8. The van der Waals surface area contributed by atoms with E-state index in [1.54, 1.807) is 0 Å². The molecule has 0 amide bonds. The maximum Gasteiger partial charge on any atom is 0.573 e. The average molecular weight is 342 g/mol. The lowest BCUT2D eigenvalue weighted by molar-refractivity contribution is -0.276. The van der Waals surface area contributed by atoms with E-state index in [9.17, 15) is 31.1 Å². The van der Waals surface area contributed by atoms with Crippen LogP contribution in [0.25, 0.3) is 0 Å². The zero-order chi connectivity index (χ0) is 15.7. The number of hydrogen-bond acceptors (Lipinski definition) is 3. The van der Waals surface area contributed by atoms with E-state index in [-0.39, 0.29) is 0 Å². The molecule has 1 rings (SSSR count). The SMILES string of the molecule is O=C(Cl)c1nc(CCl)cc(OC(F)(F)F)c1C(F)(F)F. The average Bonchev–Trinajstić information content (AvgIpc) is 2.23. The van der Waals surface area contributed by atoms with Crippen LogP contribution >= 0.6 is 23.2 Å². The smallest absolute Gasteiger partial charge is 0.405 e. The molecule has 0 radical (unpaired) electrons. The summed E-state index contributed by atoms with van der Waals surface area (Å²) in [6.07, 6.45) is -10.7. The lowest BCUT2D eigenvalue weighted by Gasteiger charge is -2.17. The van der Waals surface area contributed by atoms with Gasteiger partial charge in [0, 0.05) is 6.07 Å². The van der Waals surface area contributed by atoms with E-state index >= 15 is 0 Å². The number of pyridine rings is 1. The van der Waals surface area contributed by atoms with E-state index in [0.717, 1.165) is 0 Å². The Hall–Kier alpha value is -1.22. The minimum absolute atomic E-state index is 0.340. The normalized spacial score (nSPS) is 12.4. The van der Waals surface area contributed by atoms with Gasteiger partial charge >= 0.3 is 12.5 Å². The van der Waals surface area contributed by atoms with E-state index in [0.29, 0.717) is 6.07 Å². The number of alkyl halides is 7. The summed E-state index contributed by atoms with van der Waals surface area (Å²) in [4.78, 5) is 14.1. The number of nitrogens with zero attached hydrogens (tertiary/aromatic N) is 1. The molecular weight excluding hydrogens is 339 g/mol. The molecule has 3 nitrogen and oxygen atoms in total. The lowest BCUT2D eigenvalue weighted by Crippen LogP contribution is -2.23. The van der Waals surface area contributed by atoms with Crippen LogP contribution in [0.2, 0.25) is 0 Å². The number of aromatic nitrogens is 1. The molecule has 0 spiro atoms. The number of carbonyl (C=O) groups is 1. The van der Waals surface area contributed by atoms with E-state index in [4.69, 9.17) is 23.2 Å². The molecule has 0 aliphatic heterocycles. The second-order valence-electron chi connectivity index (χ2n) is 3.29. The molecule has 0 unspecified atom stereocenters. The Bertz CT molecular complexity index is 528. The first-order chi connectivity index (χ1) is 8.95. The molecule has 112 valence electrons. The van der Waals surface area contributed by atoms with Crippen LogP contribution in [-0.2, 0) is 12.1 Å². The quantitative estimate of drug-likeness (QED) is 0.471. The Kier molecular flexibility index (Phi) is 4.75. The fraction of sp³-hybridized carbons (Fsp3) is 0.333. The Morgan fingerprint density at radius 3 is 2.15 bits per heavy atom. The van der Waals surface area contributed by atoms with Crippen molar-refractivity contribution >= 4 is 28.4 Å². The van der Waals surface area contributed by atoms with Crippen molar-refractivity contribution in [2.75, 3.05) is 0 Å². The van der Waals surface area contributed by atoms with Gasteiger partial charge in [0.25, 0.3) is 5.24 Å². The van der Waals surface area contributed by atoms with Crippen molar-refractivity contribution < 1.29 is 35.9 Å². The summed E-state index contributed by atoms with van der Waals surface area (Å²) in [6.45, 7) is 0. The summed E-state index contributed by atoms with van der Waals surface area (Å²) in [7, 11) is 0. The molecule has 0 aliphatic carbocycles. The van der Waals surface area contributed by atoms with Gasteiger partial charge < -0.3 is 4.74 Å². The third-order valence-corrected chi connectivity index (χ3v) is 2.32. The number of rotatable bonds is 3. The summed E-state index contributed by atoms with van der Waals surface area (Å²) < 4.78 is 77.9. The topological polar surface area (TPSA) is 39.2 Å². The van der Waals surface area contributed by atoms with Gasteiger partial charge in [-0.05, 0) is 11.6 Å². The van der Waals surface area contributed by atoms with Crippen LogP contribution in [0.1, 0.15) is 21.7 Å². The van der Waals surface area contributed by atoms with Crippen LogP contribution < -0.4 is 4.74 Å². The summed E-state index contributed by atoms with van der Waals surface area (Å²) in [5.41, 5.74) is -3.84. The van der Waals surface area contributed by atoms with Crippen molar-refractivity contribution in [2.24, 2.45) is 0 Å². The van der Waals surface area contributed by atoms with Crippen molar-refractivity contribution in [1.82, 2.24) is 4.98 Å². The first kappa shape index (κ1) is 16.8. The van der Waals surface area contributed by atoms with Crippen LogP contribution in [0.5, 0.6) is 5.75 Å². The predicted molar refractivity (Wildman–Crippen MR) is 55.7 cm³/mol. The molecule has 1 heterocycles. The van der Waals surface area contributed by atoms with Gasteiger partial charge in [-0.25, -0.2) is 4.98 Å². The standard InChI is InChI=1S/C9H3Cl2F6NO2/c10-2-3-1-4(20-9(15,16)17)5(8(12,13)14)6(18-3)7(11)19/h1H,2H2. The predicted octanol–water partition coefficient (Wildman–Crippen LogP) is 4.12. The van der Waals surface area contributed by atoms with Gasteiger partial charge in [0.2, 0.25) is 0 Å². The number of ether oxygens (including phenoxy) is 1. The van der Waals surface area contributed by atoms with Crippen molar-refractivity contribution in [3.05, 3.63) is 23.0 Å². The molecule has 11 heteroatoms. The highest BCUT2D eigenvalue weighted by Crippen LogP contribution is 2.41. The monoisotopic (exact) mass is 341 g/mol. The molecule has 0 saturated heterocycles. The van der Waals surface area contributed by atoms with E-state index < -0.39 is 46.4 Å². The Balaban J connectivity index is 3.60. The molecule has 0 atom stereocenters. The molecule has 0 saturated carbocycles.